The molecule has 0 saturated heterocycles. The molecule has 0 spiro atoms. The van der Waals surface area contributed by atoms with E-state index in [1.807, 2.05) is 13.0 Å². The average molecular weight is 302 g/mol. The van der Waals surface area contributed by atoms with Gasteiger partial charge in [-0.15, -0.1) is 0 Å². The molecule has 5 nitrogen and oxygen atoms in total. The molecule has 3 aromatic rings. The van der Waals surface area contributed by atoms with Crippen molar-refractivity contribution in [3.63, 3.8) is 0 Å². The molecule has 1 N–H and O–H groups in total. The Morgan fingerprint density at radius 1 is 1.10 bits per heavy atom. The van der Waals surface area contributed by atoms with E-state index in [4.69, 9.17) is 4.42 Å². The molecular formula is C15H14N2O3S. The standard InChI is InChI=1S/C15H14N2O3S/c1-10-3-6-15(11(2)7-10)21(18,19)17-12-4-5-13-14(8-12)20-9-16-13/h3-9,17H,1-2H3. The number of benzene rings is 2. The minimum atomic E-state index is -3.62. The number of hydrogen-bond donors (Lipinski definition) is 1. The van der Waals surface area contributed by atoms with Crippen molar-refractivity contribution in [3.05, 3.63) is 53.9 Å². The Hall–Kier alpha value is -2.34. The predicted molar refractivity (Wildman–Crippen MR) is 80.7 cm³/mol. The van der Waals surface area contributed by atoms with Gasteiger partial charge in [-0.1, -0.05) is 17.7 Å². The van der Waals surface area contributed by atoms with E-state index < -0.39 is 10.0 Å². The highest BCUT2D eigenvalue weighted by atomic mass is 32.2. The highest BCUT2D eigenvalue weighted by molar-refractivity contribution is 7.92. The molecular weight excluding hydrogens is 288 g/mol. The molecule has 0 unspecified atom stereocenters. The van der Waals surface area contributed by atoms with Crippen LogP contribution >= 0.6 is 0 Å². The topological polar surface area (TPSA) is 72.2 Å². The van der Waals surface area contributed by atoms with E-state index in [0.29, 0.717) is 22.4 Å². The van der Waals surface area contributed by atoms with Gasteiger partial charge in [0, 0.05) is 6.07 Å². The molecule has 0 bridgehead atoms. The van der Waals surface area contributed by atoms with Crippen LogP contribution in [0, 0.1) is 13.8 Å². The number of anilines is 1. The zero-order valence-corrected chi connectivity index (χ0v) is 12.4. The molecule has 21 heavy (non-hydrogen) atoms. The number of oxazole rings is 1. The number of nitrogens with zero attached hydrogens (tertiary/aromatic N) is 1. The fourth-order valence-electron chi connectivity index (χ4n) is 2.23. The second-order valence-corrected chi connectivity index (χ2v) is 6.56. The van der Waals surface area contributed by atoms with Gasteiger partial charge >= 0.3 is 0 Å². The van der Waals surface area contributed by atoms with E-state index in [0.717, 1.165) is 5.56 Å². The van der Waals surface area contributed by atoms with Crippen molar-refractivity contribution in [2.45, 2.75) is 18.7 Å². The third kappa shape index (κ3) is 2.62. The third-order valence-corrected chi connectivity index (χ3v) is 4.74. The van der Waals surface area contributed by atoms with Crippen LogP contribution < -0.4 is 4.72 Å². The zero-order valence-electron chi connectivity index (χ0n) is 11.6. The Kier molecular flexibility index (Phi) is 3.17. The van der Waals surface area contributed by atoms with E-state index in [9.17, 15) is 8.42 Å². The highest BCUT2D eigenvalue weighted by Crippen LogP contribution is 2.23. The molecule has 0 radical (unpaired) electrons. The lowest BCUT2D eigenvalue weighted by Crippen LogP contribution is -2.14. The number of rotatable bonds is 3. The summed E-state index contributed by atoms with van der Waals surface area (Å²) in [7, 11) is -3.62. The Bertz CT molecular complexity index is 914. The van der Waals surface area contributed by atoms with Gasteiger partial charge in [0.15, 0.2) is 12.0 Å². The molecule has 108 valence electrons. The van der Waals surface area contributed by atoms with Crippen LogP contribution in [0.15, 0.2) is 52.1 Å². The Labute approximate surface area is 122 Å². The molecule has 0 aliphatic heterocycles. The van der Waals surface area contributed by atoms with Crippen molar-refractivity contribution in [1.29, 1.82) is 0 Å². The third-order valence-electron chi connectivity index (χ3n) is 3.20. The minimum Gasteiger partial charge on any atom is -0.443 e. The van der Waals surface area contributed by atoms with E-state index in [2.05, 4.69) is 9.71 Å². The fourth-order valence-corrected chi connectivity index (χ4v) is 3.51. The quantitative estimate of drug-likeness (QED) is 0.806. The van der Waals surface area contributed by atoms with Gasteiger partial charge < -0.3 is 4.42 Å². The maximum absolute atomic E-state index is 12.5. The van der Waals surface area contributed by atoms with Crippen molar-refractivity contribution < 1.29 is 12.8 Å². The first-order valence-corrected chi connectivity index (χ1v) is 7.87. The number of sulfonamides is 1. The minimum absolute atomic E-state index is 0.269. The van der Waals surface area contributed by atoms with Gasteiger partial charge in [-0.05, 0) is 37.6 Å². The predicted octanol–water partition coefficient (Wildman–Crippen LogP) is 3.25. The van der Waals surface area contributed by atoms with E-state index in [1.54, 1.807) is 37.3 Å². The highest BCUT2D eigenvalue weighted by Gasteiger charge is 2.17. The van der Waals surface area contributed by atoms with Crippen LogP contribution in [-0.4, -0.2) is 13.4 Å². The smallest absolute Gasteiger partial charge is 0.262 e. The van der Waals surface area contributed by atoms with Gasteiger partial charge in [-0.25, -0.2) is 13.4 Å². The Morgan fingerprint density at radius 2 is 1.90 bits per heavy atom. The van der Waals surface area contributed by atoms with Gasteiger partial charge in [0.05, 0.1) is 10.6 Å². The monoisotopic (exact) mass is 302 g/mol. The average Bonchev–Trinajstić information content (AvgIpc) is 2.85. The molecule has 2 aromatic carbocycles. The normalized spacial score (nSPS) is 11.7. The number of fused-ring (bicyclic) bond motifs is 1. The summed E-state index contributed by atoms with van der Waals surface area (Å²) in [5.74, 6) is 0. The molecule has 0 saturated carbocycles. The summed E-state index contributed by atoms with van der Waals surface area (Å²) in [6, 6.07) is 10.2. The largest absolute Gasteiger partial charge is 0.443 e. The number of aryl methyl sites for hydroxylation is 2. The summed E-state index contributed by atoms with van der Waals surface area (Å²) in [5, 5.41) is 0. The van der Waals surface area contributed by atoms with Crippen molar-refractivity contribution in [3.8, 4) is 0 Å². The lowest BCUT2D eigenvalue weighted by Gasteiger charge is -2.10. The molecule has 0 fully saturated rings. The summed E-state index contributed by atoms with van der Waals surface area (Å²) in [4.78, 5) is 4.26. The first-order valence-electron chi connectivity index (χ1n) is 6.39. The number of nitrogens with one attached hydrogen (secondary N) is 1. The van der Waals surface area contributed by atoms with Gasteiger partial charge in [-0.2, -0.15) is 0 Å². The first-order chi connectivity index (χ1) is 9.95. The SMILES string of the molecule is Cc1ccc(S(=O)(=O)Nc2ccc3ncoc3c2)c(C)c1. The van der Waals surface area contributed by atoms with Crippen LogP contribution in [0.3, 0.4) is 0 Å². The van der Waals surface area contributed by atoms with E-state index in [1.165, 1.54) is 6.39 Å². The van der Waals surface area contributed by atoms with Crippen LogP contribution in [0.2, 0.25) is 0 Å². The van der Waals surface area contributed by atoms with Gasteiger partial charge in [0.2, 0.25) is 0 Å². The number of hydrogen-bond acceptors (Lipinski definition) is 4. The van der Waals surface area contributed by atoms with Crippen molar-refractivity contribution in [2.24, 2.45) is 0 Å². The zero-order chi connectivity index (χ0) is 15.0. The Morgan fingerprint density at radius 3 is 2.67 bits per heavy atom. The molecule has 6 heteroatoms. The number of aromatic nitrogens is 1. The van der Waals surface area contributed by atoms with Crippen molar-refractivity contribution in [1.82, 2.24) is 4.98 Å². The van der Waals surface area contributed by atoms with Crippen LogP contribution in [0.25, 0.3) is 11.1 Å². The van der Waals surface area contributed by atoms with Crippen molar-refractivity contribution in [2.75, 3.05) is 4.72 Å². The van der Waals surface area contributed by atoms with Crippen molar-refractivity contribution >= 4 is 26.8 Å². The summed E-state index contributed by atoms with van der Waals surface area (Å²) in [6.45, 7) is 3.70. The maximum Gasteiger partial charge on any atom is 0.262 e. The first kappa shape index (κ1) is 13.6. The second-order valence-electron chi connectivity index (χ2n) is 4.91. The van der Waals surface area contributed by atoms with Gasteiger partial charge in [-0.3, -0.25) is 4.72 Å². The molecule has 0 aliphatic carbocycles. The molecule has 3 rings (SSSR count). The Balaban J connectivity index is 1.98. The van der Waals surface area contributed by atoms with Crippen LogP contribution in [-0.2, 0) is 10.0 Å². The van der Waals surface area contributed by atoms with E-state index >= 15 is 0 Å². The van der Waals surface area contributed by atoms with E-state index in [-0.39, 0.29) is 4.90 Å². The van der Waals surface area contributed by atoms with Gasteiger partial charge in [0.25, 0.3) is 10.0 Å². The summed E-state index contributed by atoms with van der Waals surface area (Å²) < 4.78 is 32.6. The lowest BCUT2D eigenvalue weighted by molar-refractivity contribution is 0.600. The lowest BCUT2D eigenvalue weighted by atomic mass is 10.2. The maximum atomic E-state index is 12.5. The molecule has 0 atom stereocenters. The van der Waals surface area contributed by atoms with Crippen LogP contribution in [0.1, 0.15) is 11.1 Å². The second kappa shape index (κ2) is 4.89. The molecule has 1 aromatic heterocycles. The van der Waals surface area contributed by atoms with Gasteiger partial charge in [0.1, 0.15) is 5.52 Å². The summed E-state index contributed by atoms with van der Waals surface area (Å²) >= 11 is 0. The molecule has 0 amide bonds. The molecule has 1 heterocycles. The summed E-state index contributed by atoms with van der Waals surface area (Å²) in [5.41, 5.74) is 3.40. The molecule has 0 aliphatic rings. The van der Waals surface area contributed by atoms with Crippen LogP contribution in [0.5, 0.6) is 0 Å². The fraction of sp³-hybridized carbons (Fsp3) is 0.133. The van der Waals surface area contributed by atoms with Crippen LogP contribution in [0.4, 0.5) is 5.69 Å². The summed E-state index contributed by atoms with van der Waals surface area (Å²) in [6.07, 6.45) is 1.33.